The number of methoxy groups -OCH3 is 1. The Morgan fingerprint density at radius 1 is 0.579 bits per heavy atom. The van der Waals surface area contributed by atoms with Gasteiger partial charge in [0, 0.05) is 19.6 Å². The maximum absolute atomic E-state index is 12.6. The lowest BCUT2D eigenvalue weighted by atomic mass is 10.1. The van der Waals surface area contributed by atoms with Crippen LogP contribution in [0.2, 0.25) is 0 Å². The molecule has 0 aromatic heterocycles. The number of esters is 4. The molecule has 0 saturated carbocycles. The zero-order valence-corrected chi connectivity index (χ0v) is 22.4. The summed E-state index contributed by atoms with van der Waals surface area (Å²) in [6, 6.07) is 12.6. The van der Waals surface area contributed by atoms with Gasteiger partial charge in [0.25, 0.3) is 0 Å². The third-order valence-electron chi connectivity index (χ3n) is 5.64. The maximum Gasteiger partial charge on any atom is 0.339 e. The third kappa shape index (κ3) is 9.60. The molecule has 10 heteroatoms. The molecule has 0 spiro atoms. The summed E-state index contributed by atoms with van der Waals surface area (Å²) < 4.78 is 20.7. The van der Waals surface area contributed by atoms with Crippen LogP contribution < -0.4 is 0 Å². The van der Waals surface area contributed by atoms with E-state index < -0.39 is 23.9 Å². The monoisotopic (exact) mass is 528 g/mol. The minimum atomic E-state index is -0.633. The minimum Gasteiger partial charge on any atom is -0.465 e. The highest BCUT2D eigenvalue weighted by atomic mass is 16.5. The lowest BCUT2D eigenvalue weighted by Crippen LogP contribution is -2.29. The first kappa shape index (κ1) is 30.5. The molecule has 0 aliphatic heterocycles. The lowest BCUT2D eigenvalue weighted by molar-refractivity contribution is 0.0393. The van der Waals surface area contributed by atoms with Crippen LogP contribution in [0.5, 0.6) is 0 Å². The number of benzene rings is 2. The summed E-state index contributed by atoms with van der Waals surface area (Å²) in [5.41, 5.74) is 0.553. The number of rotatable bonds is 15. The van der Waals surface area contributed by atoms with Crippen LogP contribution in [0.1, 0.15) is 54.8 Å². The molecule has 2 aromatic carbocycles. The van der Waals surface area contributed by atoms with Crippen molar-refractivity contribution in [3.63, 3.8) is 0 Å². The molecule has 0 aliphatic carbocycles. The van der Waals surface area contributed by atoms with Crippen LogP contribution in [0, 0.1) is 0 Å². The SMILES string of the molecule is CCCN(C)CCOC(=O)c1ccccc1C(=O)OCCN(C)CCOC(=O)c1ccccc1C(=O)OC. The summed E-state index contributed by atoms with van der Waals surface area (Å²) in [6.45, 7) is 4.69. The van der Waals surface area contributed by atoms with Crippen molar-refractivity contribution in [2.75, 3.05) is 67.2 Å². The Morgan fingerprint density at radius 2 is 0.895 bits per heavy atom. The first-order valence-corrected chi connectivity index (χ1v) is 12.4. The number of ether oxygens (including phenoxy) is 4. The van der Waals surface area contributed by atoms with E-state index in [9.17, 15) is 19.2 Å². The summed E-state index contributed by atoms with van der Waals surface area (Å²) in [5, 5.41) is 0. The van der Waals surface area contributed by atoms with Crippen molar-refractivity contribution >= 4 is 23.9 Å². The fourth-order valence-corrected chi connectivity index (χ4v) is 3.51. The number of hydrogen-bond donors (Lipinski definition) is 0. The van der Waals surface area contributed by atoms with Crippen molar-refractivity contribution < 1.29 is 38.1 Å². The molecule has 0 N–H and O–H groups in total. The van der Waals surface area contributed by atoms with Crippen molar-refractivity contribution in [1.29, 1.82) is 0 Å². The van der Waals surface area contributed by atoms with E-state index in [4.69, 9.17) is 18.9 Å². The Morgan fingerprint density at radius 3 is 1.21 bits per heavy atom. The van der Waals surface area contributed by atoms with E-state index >= 15 is 0 Å². The van der Waals surface area contributed by atoms with Gasteiger partial charge >= 0.3 is 23.9 Å². The molecule has 38 heavy (non-hydrogen) atoms. The van der Waals surface area contributed by atoms with E-state index in [-0.39, 0.29) is 42.1 Å². The molecule has 2 rings (SSSR count). The van der Waals surface area contributed by atoms with Crippen LogP contribution >= 0.6 is 0 Å². The molecule has 0 amide bonds. The highest BCUT2D eigenvalue weighted by Crippen LogP contribution is 2.13. The highest BCUT2D eigenvalue weighted by Gasteiger charge is 2.20. The number of carbonyl (C=O) groups is 4. The zero-order valence-electron chi connectivity index (χ0n) is 22.4. The standard InChI is InChI=1S/C28H36N2O8/c1-5-14-29(2)15-18-36-27(33)23-12-8-9-13-24(23)28(34)38-20-17-30(3)16-19-37-26(32)22-11-7-6-10-21(22)25(31)35-4/h6-13H,5,14-20H2,1-4H3. The van der Waals surface area contributed by atoms with Gasteiger partial charge in [0.05, 0.1) is 29.4 Å². The minimum absolute atomic E-state index is 0.0691. The summed E-state index contributed by atoms with van der Waals surface area (Å²) in [7, 11) is 4.98. The second-order valence-corrected chi connectivity index (χ2v) is 8.60. The first-order valence-electron chi connectivity index (χ1n) is 12.4. The molecule has 0 saturated heterocycles. The smallest absolute Gasteiger partial charge is 0.339 e. The fraction of sp³-hybridized carbons (Fsp3) is 0.429. The van der Waals surface area contributed by atoms with Gasteiger partial charge in [-0.05, 0) is 51.3 Å². The van der Waals surface area contributed by atoms with Crippen LogP contribution in [0.15, 0.2) is 48.5 Å². The number of nitrogens with zero attached hydrogens (tertiary/aromatic N) is 2. The Balaban J connectivity index is 1.78. The Bertz CT molecular complexity index is 1090. The summed E-state index contributed by atoms with van der Waals surface area (Å²) in [4.78, 5) is 53.3. The van der Waals surface area contributed by atoms with Crippen molar-refractivity contribution in [3.05, 3.63) is 70.8 Å². The average molecular weight is 529 g/mol. The molecule has 0 fully saturated rings. The van der Waals surface area contributed by atoms with Gasteiger partial charge in [-0.1, -0.05) is 31.2 Å². The van der Waals surface area contributed by atoms with Crippen LogP contribution in [-0.4, -0.2) is 101 Å². The van der Waals surface area contributed by atoms with Crippen molar-refractivity contribution in [1.82, 2.24) is 9.80 Å². The highest BCUT2D eigenvalue weighted by molar-refractivity contribution is 6.03. The van der Waals surface area contributed by atoms with E-state index in [0.717, 1.165) is 13.0 Å². The van der Waals surface area contributed by atoms with Crippen molar-refractivity contribution in [2.45, 2.75) is 13.3 Å². The van der Waals surface area contributed by atoms with Gasteiger partial charge in [0.15, 0.2) is 0 Å². The van der Waals surface area contributed by atoms with E-state index in [0.29, 0.717) is 19.6 Å². The molecule has 0 bridgehead atoms. The van der Waals surface area contributed by atoms with Crippen molar-refractivity contribution in [3.8, 4) is 0 Å². The molecule has 2 aromatic rings. The van der Waals surface area contributed by atoms with Crippen LogP contribution in [-0.2, 0) is 18.9 Å². The third-order valence-corrected chi connectivity index (χ3v) is 5.64. The van der Waals surface area contributed by atoms with Gasteiger partial charge in [0.2, 0.25) is 0 Å². The quantitative estimate of drug-likeness (QED) is 0.253. The lowest BCUT2D eigenvalue weighted by Gasteiger charge is -2.17. The van der Waals surface area contributed by atoms with Gasteiger partial charge in [0.1, 0.15) is 19.8 Å². The fourth-order valence-electron chi connectivity index (χ4n) is 3.51. The molecule has 206 valence electrons. The van der Waals surface area contributed by atoms with Crippen LogP contribution in [0.25, 0.3) is 0 Å². The summed E-state index contributed by atoms with van der Waals surface area (Å²) in [5.74, 6) is -2.45. The Hall–Kier alpha value is -3.76. The number of carbonyl (C=O) groups excluding carboxylic acids is 4. The summed E-state index contributed by atoms with van der Waals surface area (Å²) in [6.07, 6.45) is 1.00. The topological polar surface area (TPSA) is 112 Å². The predicted octanol–water partition coefficient (Wildman–Crippen LogP) is 2.92. The second kappa shape index (κ2) is 16.2. The molecule has 10 nitrogen and oxygen atoms in total. The Labute approximate surface area is 223 Å². The van der Waals surface area contributed by atoms with Gasteiger partial charge in [-0.15, -0.1) is 0 Å². The van der Waals surface area contributed by atoms with E-state index in [2.05, 4.69) is 11.8 Å². The molecular formula is C28H36N2O8. The van der Waals surface area contributed by atoms with E-state index in [1.165, 1.54) is 31.4 Å². The first-order chi connectivity index (χ1) is 18.3. The normalized spacial score (nSPS) is 10.8. The van der Waals surface area contributed by atoms with Gasteiger partial charge < -0.3 is 23.8 Å². The predicted molar refractivity (Wildman–Crippen MR) is 140 cm³/mol. The largest absolute Gasteiger partial charge is 0.465 e. The van der Waals surface area contributed by atoms with Crippen LogP contribution in [0.3, 0.4) is 0 Å². The second-order valence-electron chi connectivity index (χ2n) is 8.60. The summed E-state index contributed by atoms with van der Waals surface area (Å²) >= 11 is 0. The maximum atomic E-state index is 12.6. The molecule has 0 atom stereocenters. The molecule has 0 radical (unpaired) electrons. The average Bonchev–Trinajstić information content (AvgIpc) is 2.92. The van der Waals surface area contributed by atoms with Crippen molar-refractivity contribution in [2.24, 2.45) is 0 Å². The number of hydrogen-bond acceptors (Lipinski definition) is 10. The van der Waals surface area contributed by atoms with Gasteiger partial charge in [-0.3, -0.25) is 4.90 Å². The molecule has 0 aliphatic rings. The van der Waals surface area contributed by atoms with E-state index in [1.54, 1.807) is 31.3 Å². The molecular weight excluding hydrogens is 492 g/mol. The molecule has 0 heterocycles. The zero-order chi connectivity index (χ0) is 27.9. The molecule has 0 unspecified atom stereocenters. The van der Waals surface area contributed by atoms with Crippen LogP contribution in [0.4, 0.5) is 0 Å². The Kier molecular flexibility index (Phi) is 13.0. The van der Waals surface area contributed by atoms with E-state index in [1.807, 2.05) is 11.9 Å². The van der Waals surface area contributed by atoms with Gasteiger partial charge in [-0.25, -0.2) is 19.2 Å². The van der Waals surface area contributed by atoms with Gasteiger partial charge in [-0.2, -0.15) is 0 Å². The number of likely N-dealkylation sites (N-methyl/N-ethyl adjacent to an activating group) is 2.